The van der Waals surface area contributed by atoms with Crippen molar-refractivity contribution >= 4 is 29.1 Å². The Morgan fingerprint density at radius 3 is 2.69 bits per heavy atom. The summed E-state index contributed by atoms with van der Waals surface area (Å²) in [7, 11) is 1.69. The summed E-state index contributed by atoms with van der Waals surface area (Å²) in [6.45, 7) is 4.82. The second kappa shape index (κ2) is 8.37. The molecule has 10 heteroatoms. The molecule has 0 unspecified atom stereocenters. The number of amidine groups is 1. The zero-order valence-corrected chi connectivity index (χ0v) is 19.4. The molecule has 1 aromatic carbocycles. The van der Waals surface area contributed by atoms with E-state index < -0.39 is 17.8 Å². The maximum absolute atomic E-state index is 13.2. The number of fused-ring (bicyclic) bond motifs is 3. The van der Waals surface area contributed by atoms with Crippen LogP contribution in [0.4, 0.5) is 24.8 Å². The number of hydrogen-bond acceptors (Lipinski definition) is 6. The molecule has 1 N–H and O–H groups in total. The Kier molecular flexibility index (Phi) is 5.46. The maximum atomic E-state index is 13.2. The van der Waals surface area contributed by atoms with Crippen LogP contribution < -0.4 is 15.8 Å². The van der Waals surface area contributed by atoms with Gasteiger partial charge in [0.25, 0.3) is 0 Å². The second-order valence-electron chi connectivity index (χ2n) is 8.63. The van der Waals surface area contributed by atoms with Gasteiger partial charge in [0, 0.05) is 43.0 Å². The molecule has 5 rings (SSSR count). The van der Waals surface area contributed by atoms with Crippen molar-refractivity contribution in [3.8, 4) is 0 Å². The third-order valence-corrected chi connectivity index (χ3v) is 6.13. The average Bonchev–Trinajstić information content (AvgIpc) is 3.30. The topological polar surface area (TPSA) is 75.4 Å². The van der Waals surface area contributed by atoms with Crippen molar-refractivity contribution in [2.75, 3.05) is 23.3 Å². The quantitative estimate of drug-likeness (QED) is 0.597. The van der Waals surface area contributed by atoms with Gasteiger partial charge in [-0.15, -0.1) is 0 Å². The minimum atomic E-state index is -4.42. The summed E-state index contributed by atoms with van der Waals surface area (Å²) in [4.78, 5) is 27.8. The van der Waals surface area contributed by atoms with Crippen LogP contribution in [0.3, 0.4) is 0 Å². The van der Waals surface area contributed by atoms with Crippen molar-refractivity contribution in [3.05, 3.63) is 81.0 Å². The van der Waals surface area contributed by atoms with Gasteiger partial charge >= 0.3 is 6.18 Å². The van der Waals surface area contributed by atoms with E-state index in [0.717, 1.165) is 34.7 Å². The molecule has 0 spiro atoms. The van der Waals surface area contributed by atoms with Crippen LogP contribution in [-0.2, 0) is 13.2 Å². The van der Waals surface area contributed by atoms with E-state index >= 15 is 0 Å². The normalized spacial score (nSPS) is 15.8. The van der Waals surface area contributed by atoms with E-state index in [4.69, 9.17) is 0 Å². The highest BCUT2D eigenvalue weighted by Crippen LogP contribution is 2.39. The van der Waals surface area contributed by atoms with Crippen molar-refractivity contribution in [1.29, 1.82) is 0 Å². The molecule has 0 amide bonds. The molecule has 7 nitrogen and oxygen atoms in total. The molecule has 3 aromatic rings. The fourth-order valence-electron chi connectivity index (χ4n) is 4.35. The number of alkyl halides is 3. The lowest BCUT2D eigenvalue weighted by atomic mass is 9.98. The van der Waals surface area contributed by atoms with Crippen LogP contribution in [0.5, 0.6) is 0 Å². The highest BCUT2D eigenvalue weighted by atomic mass is 19.4. The number of anilines is 2. The predicted octanol–water partition coefficient (Wildman–Crippen LogP) is 4.45. The monoisotopic (exact) mass is 480 g/mol. The number of halogens is 3. The van der Waals surface area contributed by atoms with Crippen LogP contribution in [-0.4, -0.2) is 33.5 Å². The van der Waals surface area contributed by atoms with Gasteiger partial charge in [-0.2, -0.15) is 13.2 Å². The second-order valence-corrected chi connectivity index (χ2v) is 8.63. The van der Waals surface area contributed by atoms with Gasteiger partial charge in [0.05, 0.1) is 17.7 Å². The first-order valence-electron chi connectivity index (χ1n) is 11.2. The molecule has 4 heterocycles. The summed E-state index contributed by atoms with van der Waals surface area (Å²) >= 11 is 0. The molecular weight excluding hydrogens is 457 g/mol. The minimum absolute atomic E-state index is 0.119. The smallest absolute Gasteiger partial charge is 0.363 e. The molecule has 0 bridgehead atoms. The lowest BCUT2D eigenvalue weighted by Crippen LogP contribution is -2.33. The van der Waals surface area contributed by atoms with E-state index in [1.807, 2.05) is 11.0 Å². The van der Waals surface area contributed by atoms with Crippen LogP contribution in [0.1, 0.15) is 41.0 Å². The number of benzene rings is 1. The van der Waals surface area contributed by atoms with Gasteiger partial charge in [-0.3, -0.25) is 9.79 Å². The molecule has 35 heavy (non-hydrogen) atoms. The van der Waals surface area contributed by atoms with E-state index in [2.05, 4.69) is 20.3 Å². The molecule has 0 saturated heterocycles. The molecule has 2 aliphatic heterocycles. The Labute approximate surface area is 199 Å². The Morgan fingerprint density at radius 1 is 1.14 bits per heavy atom. The maximum Gasteiger partial charge on any atom is 0.416 e. The third-order valence-electron chi connectivity index (χ3n) is 6.13. The molecule has 0 aliphatic carbocycles. The number of aliphatic imine (C=N–C) groups is 1. The number of nitrogens with one attached hydrogen (secondary N) is 1. The van der Waals surface area contributed by atoms with Crippen molar-refractivity contribution in [2.24, 2.45) is 12.0 Å². The molecular formula is C25H23F3N6O. The molecule has 2 aromatic heterocycles. The van der Waals surface area contributed by atoms with Crippen molar-refractivity contribution in [3.63, 3.8) is 0 Å². The van der Waals surface area contributed by atoms with E-state index in [9.17, 15) is 18.0 Å². The van der Waals surface area contributed by atoms with E-state index in [-0.39, 0.29) is 5.56 Å². The largest absolute Gasteiger partial charge is 0.416 e. The summed E-state index contributed by atoms with van der Waals surface area (Å²) in [5.74, 6) is 2.52. The lowest BCUT2D eigenvalue weighted by molar-refractivity contribution is -0.137. The average molecular weight is 480 g/mol. The van der Waals surface area contributed by atoms with Gasteiger partial charge in [0.1, 0.15) is 23.3 Å². The minimum Gasteiger partial charge on any atom is -0.363 e. The zero-order valence-electron chi connectivity index (χ0n) is 19.4. The standard InChI is InChI=1S/C25H23F3N6O/c1-14(16-5-4-6-18(11-16)25(26,27)28)30-22-20-12-19(17-7-8-21(35)33(3)13-17)23-29-9-10-34(23)24(20)32-15(2)31-22/h4-8,11-14H,9-10H2,1-3H3,(H,30,31,32)/t14-/m1/s1. The Hall–Kier alpha value is -3.95. The first-order chi connectivity index (χ1) is 16.6. The van der Waals surface area contributed by atoms with Gasteiger partial charge in [-0.1, -0.05) is 12.1 Å². The highest BCUT2D eigenvalue weighted by molar-refractivity contribution is 6.36. The molecule has 0 fully saturated rings. The molecule has 0 saturated carbocycles. The van der Waals surface area contributed by atoms with Crippen LogP contribution in [0.2, 0.25) is 0 Å². The number of pyridine rings is 1. The van der Waals surface area contributed by atoms with Crippen LogP contribution in [0, 0.1) is 6.92 Å². The summed E-state index contributed by atoms with van der Waals surface area (Å²) in [6.07, 6.45) is -0.735. The van der Waals surface area contributed by atoms with E-state index in [0.29, 0.717) is 36.1 Å². The highest BCUT2D eigenvalue weighted by Gasteiger charge is 2.33. The van der Waals surface area contributed by atoms with Crippen LogP contribution in [0.25, 0.3) is 11.6 Å². The Morgan fingerprint density at radius 2 is 1.94 bits per heavy atom. The van der Waals surface area contributed by atoms with Gasteiger partial charge in [-0.25, -0.2) is 9.97 Å². The molecule has 1 atom stereocenters. The van der Waals surface area contributed by atoms with Gasteiger partial charge in [0.2, 0.25) is 5.56 Å². The SMILES string of the molecule is Cc1nc(N[C@H](C)c2cccc(C(F)(F)F)c2)c2c(n1)N1CCN=C1C(c1ccc(=O)n(C)c1)=C2. The number of nitrogens with zero attached hydrogens (tertiary/aromatic N) is 5. The molecule has 2 aliphatic rings. The van der Waals surface area contributed by atoms with Crippen LogP contribution >= 0.6 is 0 Å². The lowest BCUT2D eigenvalue weighted by Gasteiger charge is -2.29. The fourth-order valence-corrected chi connectivity index (χ4v) is 4.35. The number of aromatic nitrogens is 3. The van der Waals surface area contributed by atoms with Gasteiger partial charge in [-0.05, 0) is 43.7 Å². The van der Waals surface area contributed by atoms with Crippen molar-refractivity contribution in [2.45, 2.75) is 26.1 Å². The van der Waals surface area contributed by atoms with Crippen LogP contribution in [0.15, 0.2) is 52.4 Å². The number of aryl methyl sites for hydroxylation is 2. The fraction of sp³-hybridized carbons (Fsp3) is 0.280. The first kappa shape index (κ1) is 22.8. The summed E-state index contributed by atoms with van der Waals surface area (Å²) in [5.41, 5.74) is 2.05. The Balaban J connectivity index is 1.59. The molecule has 0 radical (unpaired) electrons. The number of hydrogen-bond donors (Lipinski definition) is 1. The zero-order chi connectivity index (χ0) is 24.9. The molecule has 180 valence electrons. The third kappa shape index (κ3) is 4.20. The van der Waals surface area contributed by atoms with E-state index in [1.54, 1.807) is 39.2 Å². The van der Waals surface area contributed by atoms with Gasteiger partial charge < -0.3 is 14.8 Å². The summed E-state index contributed by atoms with van der Waals surface area (Å²) in [6, 6.07) is 8.08. The predicted molar refractivity (Wildman–Crippen MR) is 129 cm³/mol. The summed E-state index contributed by atoms with van der Waals surface area (Å²) < 4.78 is 41.2. The first-order valence-corrected chi connectivity index (χ1v) is 11.2. The van der Waals surface area contributed by atoms with Gasteiger partial charge in [0.15, 0.2) is 0 Å². The van der Waals surface area contributed by atoms with Crippen molar-refractivity contribution in [1.82, 2.24) is 14.5 Å². The number of rotatable bonds is 4. The summed E-state index contributed by atoms with van der Waals surface area (Å²) in [5, 5.41) is 3.29. The van der Waals surface area contributed by atoms with Crippen molar-refractivity contribution < 1.29 is 13.2 Å². The Bertz CT molecular complexity index is 1440. The van der Waals surface area contributed by atoms with E-state index in [1.165, 1.54) is 16.7 Å².